The lowest BCUT2D eigenvalue weighted by atomic mass is 10.1. The highest BCUT2D eigenvalue weighted by Crippen LogP contribution is 2.12. The number of hydrogen-bond acceptors (Lipinski definition) is 3. The van der Waals surface area contributed by atoms with E-state index in [1.165, 1.54) is 4.57 Å². The molecule has 1 aromatic carbocycles. The van der Waals surface area contributed by atoms with E-state index in [1.807, 2.05) is 24.3 Å². The Morgan fingerprint density at radius 2 is 1.94 bits per heavy atom. The van der Waals surface area contributed by atoms with Gasteiger partial charge in [0.1, 0.15) is 0 Å². The fourth-order valence-corrected chi connectivity index (χ4v) is 1.65. The molecule has 0 bridgehead atoms. The summed E-state index contributed by atoms with van der Waals surface area (Å²) in [6.07, 6.45) is 3.42. The summed E-state index contributed by atoms with van der Waals surface area (Å²) >= 11 is 0. The Hall–Kier alpha value is -1.85. The second kappa shape index (κ2) is 4.57. The summed E-state index contributed by atoms with van der Waals surface area (Å²) in [4.78, 5) is 11.7. The highest BCUT2D eigenvalue weighted by molar-refractivity contribution is 5.35. The predicted molar refractivity (Wildman–Crippen MR) is 65.0 cm³/mol. The highest BCUT2D eigenvalue weighted by atomic mass is 16.3. The second-order valence-electron chi connectivity index (χ2n) is 3.94. The third-order valence-corrected chi connectivity index (χ3v) is 2.74. The molecule has 0 aliphatic heterocycles. The van der Waals surface area contributed by atoms with Crippen LogP contribution in [0.3, 0.4) is 0 Å². The third-order valence-electron chi connectivity index (χ3n) is 2.74. The number of nitrogens with zero attached hydrogens (tertiary/aromatic N) is 2. The number of aliphatic hydroxyl groups is 1. The number of aromatic nitrogens is 2. The molecular weight excluding hydrogens is 218 g/mol. The van der Waals surface area contributed by atoms with Crippen molar-refractivity contribution in [3.05, 3.63) is 52.7 Å². The first-order chi connectivity index (χ1) is 8.13. The van der Waals surface area contributed by atoms with E-state index in [0.29, 0.717) is 0 Å². The van der Waals surface area contributed by atoms with Gasteiger partial charge in [0.2, 0.25) is 0 Å². The van der Waals surface area contributed by atoms with E-state index in [9.17, 15) is 4.79 Å². The topological polar surface area (TPSA) is 73.2 Å². The first-order valence-electron chi connectivity index (χ1n) is 5.34. The first-order valence-corrected chi connectivity index (χ1v) is 5.34. The third kappa shape index (κ3) is 2.15. The van der Waals surface area contributed by atoms with Crippen LogP contribution in [0.4, 0.5) is 0 Å². The number of imidazole rings is 1. The zero-order chi connectivity index (χ0) is 12.4. The summed E-state index contributed by atoms with van der Waals surface area (Å²) in [5.41, 5.74) is 7.23. The number of hydrogen-bond donors (Lipinski definition) is 2. The molecular formula is C12H15N3O2. The molecule has 0 fully saturated rings. The molecule has 1 heterocycles. The molecule has 3 N–H and O–H groups in total. The quantitative estimate of drug-likeness (QED) is 0.793. The molecule has 1 atom stereocenters. The summed E-state index contributed by atoms with van der Waals surface area (Å²) in [6, 6.07) is 6.88. The minimum atomic E-state index is -0.378. The van der Waals surface area contributed by atoms with Crippen LogP contribution in [-0.2, 0) is 7.05 Å². The van der Waals surface area contributed by atoms with Gasteiger partial charge in [0.25, 0.3) is 0 Å². The van der Waals surface area contributed by atoms with E-state index in [1.54, 1.807) is 24.0 Å². The largest absolute Gasteiger partial charge is 0.394 e. The van der Waals surface area contributed by atoms with Crippen molar-refractivity contribution in [2.24, 2.45) is 12.8 Å². The second-order valence-corrected chi connectivity index (χ2v) is 3.94. The van der Waals surface area contributed by atoms with Gasteiger partial charge < -0.3 is 15.4 Å². The van der Waals surface area contributed by atoms with Crippen molar-refractivity contribution in [3.63, 3.8) is 0 Å². The molecule has 0 saturated heterocycles. The van der Waals surface area contributed by atoms with Gasteiger partial charge in [0.15, 0.2) is 0 Å². The molecule has 1 unspecified atom stereocenters. The van der Waals surface area contributed by atoms with E-state index in [-0.39, 0.29) is 18.3 Å². The zero-order valence-electron chi connectivity index (χ0n) is 9.58. The average Bonchev–Trinajstić information content (AvgIpc) is 2.69. The summed E-state index contributed by atoms with van der Waals surface area (Å²) in [7, 11) is 1.70. The predicted octanol–water partition coefficient (Wildman–Crippen LogP) is 0.168. The smallest absolute Gasteiger partial charge is 0.332 e. The van der Waals surface area contributed by atoms with E-state index < -0.39 is 0 Å². The van der Waals surface area contributed by atoms with Crippen LogP contribution < -0.4 is 11.4 Å². The van der Waals surface area contributed by atoms with Crippen LogP contribution in [0.5, 0.6) is 0 Å². The highest BCUT2D eigenvalue weighted by Gasteiger charge is 2.06. The van der Waals surface area contributed by atoms with Gasteiger partial charge >= 0.3 is 5.69 Å². The van der Waals surface area contributed by atoms with E-state index in [2.05, 4.69) is 0 Å². The van der Waals surface area contributed by atoms with Crippen LogP contribution >= 0.6 is 0 Å². The molecule has 2 rings (SSSR count). The van der Waals surface area contributed by atoms with Crippen molar-refractivity contribution in [1.29, 1.82) is 0 Å². The Morgan fingerprint density at radius 3 is 2.41 bits per heavy atom. The average molecular weight is 233 g/mol. The fourth-order valence-electron chi connectivity index (χ4n) is 1.65. The summed E-state index contributed by atoms with van der Waals surface area (Å²) < 4.78 is 3.06. The van der Waals surface area contributed by atoms with E-state index >= 15 is 0 Å². The van der Waals surface area contributed by atoms with Crippen molar-refractivity contribution in [1.82, 2.24) is 9.13 Å². The standard InChI is InChI=1S/C12H15N3O2/c1-14-6-7-15(12(14)17)10-4-2-9(3-5-10)11(13)8-16/h2-7,11,16H,8,13H2,1H3. The van der Waals surface area contributed by atoms with Gasteiger partial charge in [-0.3, -0.25) is 4.57 Å². The van der Waals surface area contributed by atoms with Crippen molar-refractivity contribution in [2.75, 3.05) is 6.61 Å². The summed E-state index contributed by atoms with van der Waals surface area (Å²) in [5, 5.41) is 8.94. The molecule has 90 valence electrons. The molecule has 17 heavy (non-hydrogen) atoms. The van der Waals surface area contributed by atoms with Crippen LogP contribution in [0.2, 0.25) is 0 Å². The molecule has 0 aliphatic rings. The van der Waals surface area contributed by atoms with Crippen LogP contribution in [0.25, 0.3) is 5.69 Å². The molecule has 1 aromatic heterocycles. The Labute approximate surface area is 98.7 Å². The van der Waals surface area contributed by atoms with Gasteiger partial charge in [0, 0.05) is 19.4 Å². The maximum atomic E-state index is 11.7. The lowest BCUT2D eigenvalue weighted by molar-refractivity contribution is 0.268. The molecule has 0 spiro atoms. The summed E-state index contributed by atoms with van der Waals surface area (Å²) in [6.45, 7) is -0.0926. The van der Waals surface area contributed by atoms with Gasteiger partial charge in [-0.2, -0.15) is 0 Å². The Balaban J connectivity index is 2.36. The molecule has 2 aromatic rings. The van der Waals surface area contributed by atoms with Crippen molar-refractivity contribution in [2.45, 2.75) is 6.04 Å². The summed E-state index contributed by atoms with van der Waals surface area (Å²) in [5.74, 6) is 0. The van der Waals surface area contributed by atoms with Gasteiger partial charge in [-0.05, 0) is 17.7 Å². The number of aliphatic hydroxyl groups excluding tert-OH is 1. The fraction of sp³-hybridized carbons (Fsp3) is 0.250. The number of benzene rings is 1. The zero-order valence-corrected chi connectivity index (χ0v) is 9.58. The molecule has 0 radical (unpaired) electrons. The van der Waals surface area contributed by atoms with Crippen molar-refractivity contribution >= 4 is 0 Å². The Bertz CT molecular complexity index is 554. The molecule has 5 nitrogen and oxygen atoms in total. The normalized spacial score (nSPS) is 12.6. The molecule has 0 saturated carbocycles. The Kier molecular flexibility index (Phi) is 3.12. The van der Waals surface area contributed by atoms with Crippen LogP contribution in [-0.4, -0.2) is 20.8 Å². The van der Waals surface area contributed by atoms with Gasteiger partial charge in [-0.15, -0.1) is 0 Å². The maximum absolute atomic E-state index is 11.7. The van der Waals surface area contributed by atoms with E-state index in [0.717, 1.165) is 11.3 Å². The Morgan fingerprint density at radius 1 is 1.29 bits per heavy atom. The monoisotopic (exact) mass is 233 g/mol. The SMILES string of the molecule is Cn1ccn(-c2ccc(C(N)CO)cc2)c1=O. The minimum Gasteiger partial charge on any atom is -0.394 e. The molecule has 0 aliphatic carbocycles. The maximum Gasteiger partial charge on any atom is 0.332 e. The molecule has 5 heteroatoms. The lowest BCUT2D eigenvalue weighted by Crippen LogP contribution is -2.20. The minimum absolute atomic E-state index is 0.0926. The van der Waals surface area contributed by atoms with Gasteiger partial charge in [0.05, 0.1) is 18.3 Å². The van der Waals surface area contributed by atoms with Crippen molar-refractivity contribution in [3.8, 4) is 5.69 Å². The van der Waals surface area contributed by atoms with E-state index in [4.69, 9.17) is 10.8 Å². The molecule has 0 amide bonds. The van der Waals surface area contributed by atoms with Crippen LogP contribution in [0.15, 0.2) is 41.5 Å². The number of nitrogens with two attached hydrogens (primary N) is 1. The first kappa shape index (κ1) is 11.6. The van der Waals surface area contributed by atoms with Crippen molar-refractivity contribution < 1.29 is 5.11 Å². The van der Waals surface area contributed by atoms with Crippen LogP contribution in [0.1, 0.15) is 11.6 Å². The van der Waals surface area contributed by atoms with Gasteiger partial charge in [-0.1, -0.05) is 12.1 Å². The number of rotatable bonds is 3. The number of aryl methyl sites for hydroxylation is 1. The van der Waals surface area contributed by atoms with Crippen LogP contribution in [0, 0.1) is 0 Å². The van der Waals surface area contributed by atoms with Gasteiger partial charge in [-0.25, -0.2) is 4.79 Å². The lowest BCUT2D eigenvalue weighted by Gasteiger charge is -2.09.